The van der Waals surface area contributed by atoms with Crippen molar-refractivity contribution in [1.29, 1.82) is 0 Å². The molecule has 4 heteroatoms. The summed E-state index contributed by atoms with van der Waals surface area (Å²) in [5, 5.41) is 2.94. The fourth-order valence-corrected chi connectivity index (χ4v) is 2.26. The minimum atomic E-state index is 0.0190. The van der Waals surface area contributed by atoms with Crippen molar-refractivity contribution >= 4 is 11.6 Å². The molecule has 0 fully saturated rings. The van der Waals surface area contributed by atoms with Gasteiger partial charge >= 0.3 is 0 Å². The number of hydrogen-bond donors (Lipinski definition) is 1. The number of hydrogen-bond acceptors (Lipinski definition) is 3. The van der Waals surface area contributed by atoms with Crippen LogP contribution in [0.3, 0.4) is 0 Å². The number of rotatable bonds is 9. The van der Waals surface area contributed by atoms with Gasteiger partial charge in [-0.2, -0.15) is 0 Å². The molecule has 0 saturated carbocycles. The summed E-state index contributed by atoms with van der Waals surface area (Å²) in [5.74, 6) is 1.82. The van der Waals surface area contributed by atoms with E-state index in [2.05, 4.69) is 19.2 Å². The zero-order valence-electron chi connectivity index (χ0n) is 13.6. The zero-order valence-corrected chi connectivity index (χ0v) is 13.6. The largest absolute Gasteiger partial charge is 0.494 e. The van der Waals surface area contributed by atoms with Gasteiger partial charge in [0.25, 0.3) is 0 Å². The van der Waals surface area contributed by atoms with E-state index in [1.54, 1.807) is 0 Å². The monoisotopic (exact) mass is 293 g/mol. The first-order chi connectivity index (χ1) is 10.1. The van der Waals surface area contributed by atoms with Gasteiger partial charge in [0.2, 0.25) is 5.91 Å². The molecule has 4 nitrogen and oxygen atoms in total. The van der Waals surface area contributed by atoms with Crippen LogP contribution in [0.15, 0.2) is 18.2 Å². The first-order valence-corrected chi connectivity index (χ1v) is 7.80. The molecule has 0 aliphatic rings. The van der Waals surface area contributed by atoms with Crippen LogP contribution in [-0.4, -0.2) is 19.1 Å². The Morgan fingerprint density at radius 2 is 1.90 bits per heavy atom. The highest BCUT2D eigenvalue weighted by atomic mass is 16.5. The van der Waals surface area contributed by atoms with Crippen LogP contribution in [0.5, 0.6) is 11.5 Å². The normalized spacial score (nSPS) is 11.8. The molecule has 0 aliphatic carbocycles. The van der Waals surface area contributed by atoms with E-state index >= 15 is 0 Å². The van der Waals surface area contributed by atoms with E-state index in [1.165, 1.54) is 0 Å². The van der Waals surface area contributed by atoms with Crippen LogP contribution in [0.2, 0.25) is 0 Å². The molecule has 0 saturated heterocycles. The topological polar surface area (TPSA) is 47.6 Å². The van der Waals surface area contributed by atoms with Gasteiger partial charge in [-0.3, -0.25) is 4.79 Å². The van der Waals surface area contributed by atoms with E-state index in [0.29, 0.717) is 37.0 Å². The Hall–Kier alpha value is -1.71. The zero-order chi connectivity index (χ0) is 15.7. The fraction of sp³-hybridized carbons (Fsp3) is 0.588. The second-order valence-corrected chi connectivity index (χ2v) is 5.17. The summed E-state index contributed by atoms with van der Waals surface area (Å²) in [5.41, 5.74) is 0.677. The number of carbonyl (C=O) groups excluding carboxylic acids is 1. The van der Waals surface area contributed by atoms with E-state index in [0.717, 1.165) is 18.6 Å². The molecular weight excluding hydrogens is 266 g/mol. The second-order valence-electron chi connectivity index (χ2n) is 5.17. The van der Waals surface area contributed by atoms with Gasteiger partial charge in [0.1, 0.15) is 11.5 Å². The summed E-state index contributed by atoms with van der Waals surface area (Å²) >= 11 is 0. The molecule has 0 aromatic heterocycles. The molecule has 1 aromatic carbocycles. The molecule has 0 bridgehead atoms. The lowest BCUT2D eigenvalue weighted by Crippen LogP contribution is -2.16. The van der Waals surface area contributed by atoms with Crippen LogP contribution < -0.4 is 14.8 Å². The van der Waals surface area contributed by atoms with E-state index < -0.39 is 0 Å². The summed E-state index contributed by atoms with van der Waals surface area (Å²) in [6.45, 7) is 9.24. The molecule has 118 valence electrons. The summed E-state index contributed by atoms with van der Waals surface area (Å²) in [7, 11) is 0. The van der Waals surface area contributed by atoms with Gasteiger partial charge in [0, 0.05) is 12.5 Å². The van der Waals surface area contributed by atoms with Crippen LogP contribution in [0.25, 0.3) is 0 Å². The van der Waals surface area contributed by atoms with Gasteiger partial charge in [-0.25, -0.2) is 0 Å². The highest BCUT2D eigenvalue weighted by Crippen LogP contribution is 2.30. The number of anilines is 1. The number of amides is 1. The van der Waals surface area contributed by atoms with E-state index in [-0.39, 0.29) is 5.91 Å². The highest BCUT2D eigenvalue weighted by molar-refractivity contribution is 5.92. The molecule has 0 spiro atoms. The molecule has 0 heterocycles. The summed E-state index contributed by atoms with van der Waals surface area (Å²) in [6.07, 6.45) is 2.68. The Balaban J connectivity index is 2.77. The second kappa shape index (κ2) is 9.27. The molecular formula is C17H27NO3. The molecule has 0 radical (unpaired) electrons. The molecule has 21 heavy (non-hydrogen) atoms. The van der Waals surface area contributed by atoms with Crippen LogP contribution in [0, 0.1) is 5.92 Å². The Morgan fingerprint density at radius 1 is 1.19 bits per heavy atom. The standard InChI is InChI=1S/C17H27NO3/c1-5-8-13(4)11-17(19)18-15-12-14(20-6-2)9-10-16(15)21-7-3/h9-10,12-13H,5-8,11H2,1-4H3,(H,18,19). The molecule has 1 atom stereocenters. The first kappa shape index (κ1) is 17.3. The molecule has 1 N–H and O–H groups in total. The number of benzene rings is 1. The van der Waals surface area contributed by atoms with Crippen molar-refractivity contribution in [1.82, 2.24) is 0 Å². The maximum absolute atomic E-state index is 12.1. The minimum absolute atomic E-state index is 0.0190. The van der Waals surface area contributed by atoms with Crippen LogP contribution in [0.1, 0.15) is 47.0 Å². The average molecular weight is 293 g/mol. The van der Waals surface area contributed by atoms with Crippen molar-refractivity contribution < 1.29 is 14.3 Å². The van der Waals surface area contributed by atoms with Crippen LogP contribution >= 0.6 is 0 Å². The lowest BCUT2D eigenvalue weighted by molar-refractivity contribution is -0.117. The first-order valence-electron chi connectivity index (χ1n) is 7.80. The third-order valence-corrected chi connectivity index (χ3v) is 3.15. The third-order valence-electron chi connectivity index (χ3n) is 3.15. The van der Waals surface area contributed by atoms with Crippen molar-refractivity contribution in [3.05, 3.63) is 18.2 Å². The van der Waals surface area contributed by atoms with Gasteiger partial charge in [0.05, 0.1) is 18.9 Å². The molecule has 1 rings (SSSR count). The fourth-order valence-electron chi connectivity index (χ4n) is 2.26. The van der Waals surface area contributed by atoms with E-state index in [9.17, 15) is 4.79 Å². The maximum Gasteiger partial charge on any atom is 0.224 e. The van der Waals surface area contributed by atoms with Gasteiger partial charge in [-0.15, -0.1) is 0 Å². The molecule has 1 aromatic rings. The van der Waals surface area contributed by atoms with E-state index in [4.69, 9.17) is 9.47 Å². The summed E-state index contributed by atoms with van der Waals surface area (Å²) in [4.78, 5) is 12.1. The quantitative estimate of drug-likeness (QED) is 0.740. The maximum atomic E-state index is 12.1. The highest BCUT2D eigenvalue weighted by Gasteiger charge is 2.12. The van der Waals surface area contributed by atoms with Crippen molar-refractivity contribution in [2.45, 2.75) is 47.0 Å². The summed E-state index contributed by atoms with van der Waals surface area (Å²) in [6, 6.07) is 5.50. The van der Waals surface area contributed by atoms with Crippen LogP contribution in [0.4, 0.5) is 5.69 Å². The van der Waals surface area contributed by atoms with Crippen molar-refractivity contribution in [2.24, 2.45) is 5.92 Å². The smallest absolute Gasteiger partial charge is 0.224 e. The summed E-state index contributed by atoms with van der Waals surface area (Å²) < 4.78 is 11.0. The van der Waals surface area contributed by atoms with Crippen molar-refractivity contribution in [3.8, 4) is 11.5 Å². The minimum Gasteiger partial charge on any atom is -0.494 e. The Bertz CT molecular complexity index is 446. The van der Waals surface area contributed by atoms with Gasteiger partial charge < -0.3 is 14.8 Å². The Morgan fingerprint density at radius 3 is 2.52 bits per heavy atom. The number of carbonyl (C=O) groups is 1. The predicted molar refractivity (Wildman–Crippen MR) is 86.1 cm³/mol. The number of nitrogens with one attached hydrogen (secondary N) is 1. The van der Waals surface area contributed by atoms with Crippen molar-refractivity contribution in [3.63, 3.8) is 0 Å². The van der Waals surface area contributed by atoms with Gasteiger partial charge in [0.15, 0.2) is 0 Å². The van der Waals surface area contributed by atoms with Gasteiger partial charge in [-0.1, -0.05) is 26.7 Å². The predicted octanol–water partition coefficient (Wildman–Crippen LogP) is 4.25. The van der Waals surface area contributed by atoms with Crippen molar-refractivity contribution in [2.75, 3.05) is 18.5 Å². The lowest BCUT2D eigenvalue weighted by atomic mass is 10.0. The Kier molecular flexibility index (Phi) is 7.65. The molecule has 1 unspecified atom stereocenters. The number of ether oxygens (including phenoxy) is 2. The average Bonchev–Trinajstić information content (AvgIpc) is 2.42. The third kappa shape index (κ3) is 6.06. The Labute approximate surface area is 127 Å². The van der Waals surface area contributed by atoms with Gasteiger partial charge in [-0.05, 0) is 31.9 Å². The van der Waals surface area contributed by atoms with E-state index in [1.807, 2.05) is 32.0 Å². The molecule has 1 amide bonds. The SMILES string of the molecule is CCCC(C)CC(=O)Nc1cc(OCC)ccc1OCC. The van der Waals surface area contributed by atoms with Crippen LogP contribution in [-0.2, 0) is 4.79 Å². The molecule has 0 aliphatic heterocycles. The lowest BCUT2D eigenvalue weighted by Gasteiger charge is -2.15.